The van der Waals surface area contributed by atoms with Gasteiger partial charge in [-0.25, -0.2) is 4.79 Å². The van der Waals surface area contributed by atoms with E-state index >= 15 is 0 Å². The lowest BCUT2D eigenvalue weighted by Crippen LogP contribution is -2.47. The summed E-state index contributed by atoms with van der Waals surface area (Å²) in [5.74, 6) is 0.649. The molecule has 0 unspecified atom stereocenters. The summed E-state index contributed by atoms with van der Waals surface area (Å²) in [5, 5.41) is 9.56. The fourth-order valence-corrected chi connectivity index (χ4v) is 3.82. The molecular weight excluding hydrogens is 320 g/mol. The summed E-state index contributed by atoms with van der Waals surface area (Å²) in [6, 6.07) is 0. The maximum absolute atomic E-state index is 12.7. The van der Waals surface area contributed by atoms with Crippen LogP contribution in [0.25, 0.3) is 0 Å². The van der Waals surface area contributed by atoms with Gasteiger partial charge in [0, 0.05) is 44.0 Å². The molecule has 1 aliphatic rings. The summed E-state index contributed by atoms with van der Waals surface area (Å²) in [6.07, 6.45) is 1.92. The van der Waals surface area contributed by atoms with Crippen LogP contribution in [-0.4, -0.2) is 71.1 Å². The Morgan fingerprint density at radius 2 is 2.00 bits per heavy atom. The average molecular weight is 350 g/mol. The van der Waals surface area contributed by atoms with Crippen molar-refractivity contribution in [2.24, 2.45) is 11.8 Å². The SMILES string of the molecule is Cc1nc(=O)[nH]c(C)c1CCC(=O)N1C[C@@H](CN(C)C)C[C@H](CO)C1. The number of aliphatic hydroxyl groups excluding tert-OH is 1. The fourth-order valence-electron chi connectivity index (χ4n) is 3.82. The molecule has 1 saturated heterocycles. The smallest absolute Gasteiger partial charge is 0.345 e. The van der Waals surface area contributed by atoms with E-state index in [0.29, 0.717) is 31.0 Å². The van der Waals surface area contributed by atoms with Gasteiger partial charge < -0.3 is 19.9 Å². The third-order valence-corrected chi connectivity index (χ3v) is 4.90. The number of aromatic nitrogens is 2. The highest BCUT2D eigenvalue weighted by Gasteiger charge is 2.29. The summed E-state index contributed by atoms with van der Waals surface area (Å²) in [5.41, 5.74) is 2.06. The molecule has 1 aliphatic heterocycles. The monoisotopic (exact) mass is 350 g/mol. The molecule has 1 amide bonds. The number of H-pyrrole nitrogens is 1. The third kappa shape index (κ3) is 5.37. The van der Waals surface area contributed by atoms with E-state index in [1.165, 1.54) is 0 Å². The molecular formula is C18H30N4O3. The Balaban J connectivity index is 2.00. The quantitative estimate of drug-likeness (QED) is 0.772. The molecule has 1 aromatic heterocycles. The summed E-state index contributed by atoms with van der Waals surface area (Å²) in [6.45, 7) is 6.05. The molecule has 0 aliphatic carbocycles. The Morgan fingerprint density at radius 3 is 2.60 bits per heavy atom. The molecule has 25 heavy (non-hydrogen) atoms. The molecule has 2 rings (SSSR count). The average Bonchev–Trinajstić information content (AvgIpc) is 2.52. The molecule has 140 valence electrons. The largest absolute Gasteiger partial charge is 0.396 e. The molecule has 1 aromatic rings. The molecule has 2 heterocycles. The molecule has 2 N–H and O–H groups in total. The maximum atomic E-state index is 12.7. The van der Waals surface area contributed by atoms with Crippen molar-refractivity contribution in [1.82, 2.24) is 19.8 Å². The van der Waals surface area contributed by atoms with Crippen molar-refractivity contribution in [3.8, 4) is 0 Å². The van der Waals surface area contributed by atoms with Crippen LogP contribution in [0.15, 0.2) is 4.79 Å². The highest BCUT2D eigenvalue weighted by atomic mass is 16.3. The van der Waals surface area contributed by atoms with Gasteiger partial charge in [-0.05, 0) is 58.2 Å². The molecule has 1 fully saturated rings. The number of aromatic amines is 1. The maximum Gasteiger partial charge on any atom is 0.345 e. The van der Waals surface area contributed by atoms with Gasteiger partial charge in [-0.1, -0.05) is 0 Å². The molecule has 0 bridgehead atoms. The van der Waals surface area contributed by atoms with Crippen LogP contribution in [0.1, 0.15) is 29.8 Å². The van der Waals surface area contributed by atoms with E-state index in [-0.39, 0.29) is 24.1 Å². The fraction of sp³-hybridized carbons (Fsp3) is 0.722. The Bertz CT molecular complexity index is 630. The van der Waals surface area contributed by atoms with Crippen LogP contribution in [0.5, 0.6) is 0 Å². The second kappa shape index (κ2) is 8.58. The van der Waals surface area contributed by atoms with Crippen LogP contribution in [0.4, 0.5) is 0 Å². The number of likely N-dealkylation sites (tertiary alicyclic amines) is 1. The van der Waals surface area contributed by atoms with Crippen LogP contribution in [0, 0.1) is 25.7 Å². The van der Waals surface area contributed by atoms with Gasteiger partial charge in [-0.2, -0.15) is 4.98 Å². The summed E-state index contributed by atoms with van der Waals surface area (Å²) < 4.78 is 0. The standard InChI is InChI=1S/C18H30N4O3/c1-12-16(13(2)20-18(25)19-12)5-6-17(24)22-9-14(8-21(3)4)7-15(10-22)11-23/h14-15,23H,5-11H2,1-4H3,(H,19,20,25)/t14-,15+/m1/s1. The lowest BCUT2D eigenvalue weighted by molar-refractivity contribution is -0.134. The number of hydrogen-bond acceptors (Lipinski definition) is 5. The van der Waals surface area contributed by atoms with E-state index in [1.807, 2.05) is 25.9 Å². The molecule has 7 nitrogen and oxygen atoms in total. The number of rotatable bonds is 6. The molecule has 2 atom stereocenters. The van der Waals surface area contributed by atoms with Crippen molar-refractivity contribution in [3.05, 3.63) is 27.4 Å². The van der Waals surface area contributed by atoms with Crippen LogP contribution in [-0.2, 0) is 11.2 Å². The van der Waals surface area contributed by atoms with Crippen molar-refractivity contribution in [2.75, 3.05) is 40.3 Å². The van der Waals surface area contributed by atoms with E-state index < -0.39 is 0 Å². The van der Waals surface area contributed by atoms with Crippen molar-refractivity contribution in [3.63, 3.8) is 0 Å². The Morgan fingerprint density at radius 1 is 1.32 bits per heavy atom. The van der Waals surface area contributed by atoms with Gasteiger partial charge in [0.1, 0.15) is 0 Å². The first-order valence-corrected chi connectivity index (χ1v) is 8.90. The number of nitrogens with zero attached hydrogens (tertiary/aromatic N) is 3. The summed E-state index contributed by atoms with van der Waals surface area (Å²) >= 11 is 0. The Labute approximate surface area is 149 Å². The minimum absolute atomic E-state index is 0.104. The van der Waals surface area contributed by atoms with Gasteiger partial charge in [0.25, 0.3) is 0 Å². The first-order valence-electron chi connectivity index (χ1n) is 8.90. The molecule has 0 aromatic carbocycles. The number of amides is 1. The van der Waals surface area contributed by atoms with Crippen LogP contribution < -0.4 is 5.69 Å². The van der Waals surface area contributed by atoms with Gasteiger partial charge >= 0.3 is 5.69 Å². The van der Waals surface area contributed by atoms with E-state index in [1.54, 1.807) is 6.92 Å². The molecule has 7 heteroatoms. The summed E-state index contributed by atoms with van der Waals surface area (Å²) in [7, 11) is 4.06. The topological polar surface area (TPSA) is 89.5 Å². The summed E-state index contributed by atoms with van der Waals surface area (Å²) in [4.78, 5) is 34.7. The predicted octanol–water partition coefficient (Wildman–Crippen LogP) is 0.338. The zero-order chi connectivity index (χ0) is 18.6. The van der Waals surface area contributed by atoms with E-state index in [2.05, 4.69) is 14.9 Å². The number of aryl methyl sites for hydroxylation is 2. The molecule has 0 radical (unpaired) electrons. The Kier molecular flexibility index (Phi) is 6.72. The van der Waals surface area contributed by atoms with E-state index in [4.69, 9.17) is 0 Å². The number of carbonyl (C=O) groups excluding carboxylic acids is 1. The van der Waals surface area contributed by atoms with Crippen LogP contribution in [0.2, 0.25) is 0 Å². The van der Waals surface area contributed by atoms with Crippen LogP contribution >= 0.6 is 0 Å². The molecule has 0 saturated carbocycles. The van der Waals surface area contributed by atoms with Gasteiger partial charge in [0.05, 0.1) is 0 Å². The van der Waals surface area contributed by atoms with Gasteiger partial charge in [0.15, 0.2) is 0 Å². The van der Waals surface area contributed by atoms with Crippen molar-refractivity contribution in [1.29, 1.82) is 0 Å². The predicted molar refractivity (Wildman–Crippen MR) is 96.5 cm³/mol. The minimum Gasteiger partial charge on any atom is -0.396 e. The normalized spacial score (nSPS) is 21.0. The van der Waals surface area contributed by atoms with E-state index in [0.717, 1.165) is 30.8 Å². The number of nitrogens with one attached hydrogen (secondary N) is 1. The highest BCUT2D eigenvalue weighted by molar-refractivity contribution is 5.76. The van der Waals surface area contributed by atoms with Gasteiger partial charge in [-0.15, -0.1) is 0 Å². The number of carbonyl (C=O) groups is 1. The van der Waals surface area contributed by atoms with Gasteiger partial charge in [-0.3, -0.25) is 4.79 Å². The highest BCUT2D eigenvalue weighted by Crippen LogP contribution is 2.23. The van der Waals surface area contributed by atoms with Crippen molar-refractivity contribution < 1.29 is 9.90 Å². The van der Waals surface area contributed by atoms with Gasteiger partial charge in [0.2, 0.25) is 5.91 Å². The van der Waals surface area contributed by atoms with Crippen molar-refractivity contribution in [2.45, 2.75) is 33.1 Å². The number of piperidine rings is 1. The Hall–Kier alpha value is -1.73. The zero-order valence-corrected chi connectivity index (χ0v) is 15.7. The zero-order valence-electron chi connectivity index (χ0n) is 15.7. The van der Waals surface area contributed by atoms with Crippen LogP contribution in [0.3, 0.4) is 0 Å². The second-order valence-electron chi connectivity index (χ2n) is 7.44. The second-order valence-corrected chi connectivity index (χ2v) is 7.44. The van der Waals surface area contributed by atoms with Crippen molar-refractivity contribution >= 4 is 5.91 Å². The minimum atomic E-state index is -0.349. The molecule has 0 spiro atoms. The lowest BCUT2D eigenvalue weighted by Gasteiger charge is -2.38. The number of hydrogen-bond donors (Lipinski definition) is 2. The lowest BCUT2D eigenvalue weighted by atomic mass is 9.89. The first kappa shape index (κ1) is 19.6. The van der Waals surface area contributed by atoms with E-state index in [9.17, 15) is 14.7 Å². The number of aliphatic hydroxyl groups is 1. The first-order chi connectivity index (χ1) is 11.8. The third-order valence-electron chi connectivity index (χ3n) is 4.90.